The summed E-state index contributed by atoms with van der Waals surface area (Å²) in [6.45, 7) is 13.5. The highest BCUT2D eigenvalue weighted by Crippen LogP contribution is 2.42. The molecular weight excluding hydrogens is 526 g/mol. The first-order chi connectivity index (χ1) is 18.0. The van der Waals surface area contributed by atoms with Crippen LogP contribution in [0, 0.1) is 0 Å². The van der Waals surface area contributed by atoms with Crippen LogP contribution >= 0.6 is 15.9 Å². The molecule has 0 spiro atoms. The van der Waals surface area contributed by atoms with Gasteiger partial charge in [-0.05, 0) is 72.3 Å². The smallest absolute Gasteiger partial charge is 0.0910 e. The van der Waals surface area contributed by atoms with Gasteiger partial charge in [-0.15, -0.1) is 0 Å². The van der Waals surface area contributed by atoms with Gasteiger partial charge < -0.3 is 5.32 Å². The lowest BCUT2D eigenvalue weighted by molar-refractivity contribution is 0.504. The van der Waals surface area contributed by atoms with E-state index < -0.39 is 0 Å². The minimum absolute atomic E-state index is 0.129. The largest absolute Gasteiger partial charge is 0.349 e. The summed E-state index contributed by atoms with van der Waals surface area (Å²) in [6, 6.07) is 26.5. The van der Waals surface area contributed by atoms with Gasteiger partial charge in [0.1, 0.15) is 0 Å². The third-order valence-corrected chi connectivity index (χ3v) is 8.19. The van der Waals surface area contributed by atoms with Crippen molar-refractivity contribution in [1.82, 2.24) is 0 Å². The summed E-state index contributed by atoms with van der Waals surface area (Å²) < 4.78 is 0.983. The molecule has 0 amide bonds. The Morgan fingerprint density at radius 3 is 1.50 bits per heavy atom. The number of rotatable bonds is 2. The first-order valence-corrected chi connectivity index (χ1v) is 15.0. The molecule has 0 aromatic heterocycles. The molecule has 1 nitrogen and oxygen atoms in total. The molecule has 1 aliphatic heterocycles. The minimum atomic E-state index is 0.129. The lowest BCUT2D eigenvalue weighted by Crippen LogP contribution is -2.11. The van der Waals surface area contributed by atoms with Crippen LogP contribution < -0.4 is 5.32 Å². The monoisotopic (exact) mass is 569 g/mol. The van der Waals surface area contributed by atoms with Gasteiger partial charge in [0.15, 0.2) is 0 Å². The maximum Gasteiger partial charge on any atom is 0.0910 e. The molecule has 1 heterocycles. The second-order valence-electron chi connectivity index (χ2n) is 12.7. The number of anilines is 1. The van der Waals surface area contributed by atoms with Crippen molar-refractivity contribution in [1.29, 1.82) is 0 Å². The zero-order valence-corrected chi connectivity index (χ0v) is 25.7. The Morgan fingerprint density at radius 2 is 1.03 bits per heavy atom. The zero-order chi connectivity index (χ0) is 27.3. The number of halogens is 1. The van der Waals surface area contributed by atoms with E-state index in [1.807, 2.05) is 0 Å². The van der Waals surface area contributed by atoms with Crippen molar-refractivity contribution in [2.45, 2.75) is 90.9 Å². The van der Waals surface area contributed by atoms with Gasteiger partial charge in [0, 0.05) is 11.3 Å². The molecule has 1 fully saturated rings. The van der Waals surface area contributed by atoms with E-state index >= 15 is 0 Å². The van der Waals surface area contributed by atoms with Crippen LogP contribution in [0.25, 0.3) is 17.2 Å². The van der Waals surface area contributed by atoms with E-state index in [0.29, 0.717) is 0 Å². The van der Waals surface area contributed by atoms with Gasteiger partial charge in [0.2, 0.25) is 0 Å². The van der Waals surface area contributed by atoms with E-state index in [0.717, 1.165) is 10.3 Å². The third-order valence-electron chi connectivity index (χ3n) is 7.60. The second kappa shape index (κ2) is 12.1. The molecular formula is C36H44BrN. The molecule has 1 aliphatic carbocycles. The van der Waals surface area contributed by atoms with E-state index in [1.54, 1.807) is 0 Å². The minimum Gasteiger partial charge on any atom is -0.349 e. The van der Waals surface area contributed by atoms with Crippen molar-refractivity contribution in [3.63, 3.8) is 0 Å². The predicted octanol–water partition coefficient (Wildman–Crippen LogP) is 11.4. The molecule has 2 aliphatic rings. The highest BCUT2D eigenvalue weighted by molar-refractivity contribution is 9.12. The summed E-state index contributed by atoms with van der Waals surface area (Å²) in [4.78, 5) is 0. The fraction of sp³-hybridized carbons (Fsp3) is 0.389. The van der Waals surface area contributed by atoms with Crippen molar-refractivity contribution in [3.05, 3.63) is 105 Å². The van der Waals surface area contributed by atoms with Gasteiger partial charge in [-0.3, -0.25) is 0 Å². The van der Waals surface area contributed by atoms with Gasteiger partial charge in [-0.1, -0.05) is 147 Å². The maximum atomic E-state index is 3.88. The molecule has 5 rings (SSSR count). The number of allylic oxidation sites excluding steroid dienone is 2. The van der Waals surface area contributed by atoms with E-state index in [2.05, 4.69) is 142 Å². The number of para-hydroxylation sites is 1. The van der Waals surface area contributed by atoms with Gasteiger partial charge in [-0.25, -0.2) is 0 Å². The Balaban J connectivity index is 0.000000494. The van der Waals surface area contributed by atoms with Crippen LogP contribution in [0.1, 0.15) is 108 Å². The normalized spacial score (nSPS) is 15.9. The standard InChI is InChI=1S/C30H32BrN.C6H12/c1-29(2,3)23-15-11-20(12-16-23)25-19-22-9-7-8-10-26(22)32-28(31)27(25)21-13-17-24(18-14-21)30(4,5)6;1-2-4-6-5-3-1/h7-19,32H,1-6H3;1-6H2. The van der Waals surface area contributed by atoms with Gasteiger partial charge in [0.25, 0.3) is 0 Å². The molecule has 1 N–H and O–H groups in total. The van der Waals surface area contributed by atoms with Crippen LogP contribution in [0.4, 0.5) is 5.69 Å². The summed E-state index contributed by atoms with van der Waals surface area (Å²) in [5.41, 5.74) is 10.0. The quantitative estimate of drug-likeness (QED) is 0.302. The maximum absolute atomic E-state index is 3.88. The molecule has 3 aromatic rings. The number of benzene rings is 3. The zero-order valence-electron chi connectivity index (χ0n) is 24.1. The molecule has 0 unspecified atom stereocenters. The number of nitrogens with one attached hydrogen (secondary N) is 1. The van der Waals surface area contributed by atoms with Crippen molar-refractivity contribution in [3.8, 4) is 0 Å². The molecule has 3 aromatic carbocycles. The molecule has 0 bridgehead atoms. The summed E-state index contributed by atoms with van der Waals surface area (Å²) in [7, 11) is 0. The molecule has 2 heteroatoms. The highest BCUT2D eigenvalue weighted by atomic mass is 79.9. The van der Waals surface area contributed by atoms with Crippen LogP contribution in [0.2, 0.25) is 0 Å². The van der Waals surface area contributed by atoms with Gasteiger partial charge in [-0.2, -0.15) is 0 Å². The Labute approximate surface area is 239 Å². The van der Waals surface area contributed by atoms with Crippen molar-refractivity contribution in [2.24, 2.45) is 0 Å². The van der Waals surface area contributed by atoms with Crippen LogP contribution in [-0.4, -0.2) is 0 Å². The topological polar surface area (TPSA) is 12.0 Å². The second-order valence-corrected chi connectivity index (χ2v) is 13.5. The van der Waals surface area contributed by atoms with Gasteiger partial charge in [0.05, 0.1) is 4.61 Å². The van der Waals surface area contributed by atoms with Crippen molar-refractivity contribution < 1.29 is 0 Å². The average molecular weight is 571 g/mol. The van der Waals surface area contributed by atoms with Crippen LogP contribution in [0.15, 0.2) is 77.4 Å². The van der Waals surface area contributed by atoms with Crippen molar-refractivity contribution >= 4 is 38.8 Å². The third kappa shape index (κ3) is 7.08. The lowest BCUT2D eigenvalue weighted by atomic mass is 9.84. The van der Waals surface area contributed by atoms with Crippen molar-refractivity contribution in [2.75, 3.05) is 5.32 Å². The molecule has 0 radical (unpaired) electrons. The average Bonchev–Trinajstić information content (AvgIpc) is 3.05. The van der Waals surface area contributed by atoms with E-state index in [9.17, 15) is 0 Å². The first-order valence-electron chi connectivity index (χ1n) is 14.2. The summed E-state index contributed by atoms with van der Waals surface area (Å²) in [5.74, 6) is 0. The summed E-state index contributed by atoms with van der Waals surface area (Å²) in [6.07, 6.45) is 11.3. The highest BCUT2D eigenvalue weighted by Gasteiger charge is 2.22. The predicted molar refractivity (Wildman–Crippen MR) is 172 cm³/mol. The molecule has 0 saturated heterocycles. The van der Waals surface area contributed by atoms with Crippen LogP contribution in [-0.2, 0) is 10.8 Å². The summed E-state index contributed by atoms with van der Waals surface area (Å²) in [5, 5.41) is 3.60. The fourth-order valence-corrected chi connectivity index (χ4v) is 5.78. The van der Waals surface area contributed by atoms with E-state index in [4.69, 9.17) is 0 Å². The number of fused-ring (bicyclic) bond motifs is 1. The molecule has 38 heavy (non-hydrogen) atoms. The number of hydrogen-bond acceptors (Lipinski definition) is 1. The molecule has 1 saturated carbocycles. The van der Waals surface area contributed by atoms with Gasteiger partial charge >= 0.3 is 0 Å². The molecule has 200 valence electrons. The first kappa shape index (κ1) is 28.4. The summed E-state index contributed by atoms with van der Waals surface area (Å²) >= 11 is 3.88. The van der Waals surface area contributed by atoms with Crippen LogP contribution in [0.5, 0.6) is 0 Å². The molecule has 0 atom stereocenters. The Hall–Kier alpha value is -2.58. The lowest BCUT2D eigenvalue weighted by Gasteiger charge is -2.21. The SMILES string of the molecule is C1CCCCC1.CC(C)(C)c1ccc(C2=Cc3ccccc3NC(Br)=C2c2ccc(C(C)(C)C)cc2)cc1. The van der Waals surface area contributed by atoms with E-state index in [1.165, 1.54) is 77.5 Å². The fourth-order valence-electron chi connectivity index (χ4n) is 5.12. The Kier molecular flexibility index (Phi) is 9.04. The Morgan fingerprint density at radius 1 is 0.579 bits per heavy atom. The van der Waals surface area contributed by atoms with E-state index in [-0.39, 0.29) is 10.8 Å². The Bertz CT molecular complexity index is 1260. The number of hydrogen-bond donors (Lipinski definition) is 1. The van der Waals surface area contributed by atoms with Crippen LogP contribution in [0.3, 0.4) is 0 Å².